The molecule has 0 radical (unpaired) electrons. The van der Waals surface area contributed by atoms with Crippen molar-refractivity contribution in [2.75, 3.05) is 0 Å². The van der Waals surface area contributed by atoms with Crippen molar-refractivity contribution in [2.45, 2.75) is 6.92 Å². The highest BCUT2D eigenvalue weighted by Gasteiger charge is 1.96. The largest absolute Gasteiger partial charge is 0.298 e. The minimum absolute atomic E-state index is 0.514. The Kier molecular flexibility index (Phi) is 13.6. The van der Waals surface area contributed by atoms with E-state index in [1.165, 1.54) is 17.8 Å². The molecule has 0 aliphatic rings. The van der Waals surface area contributed by atoms with Crippen molar-refractivity contribution < 1.29 is 4.79 Å². The van der Waals surface area contributed by atoms with Gasteiger partial charge in [0.25, 0.3) is 0 Å². The third kappa shape index (κ3) is 9.82. The van der Waals surface area contributed by atoms with Gasteiger partial charge >= 0.3 is 0 Å². The molecular formula is C8H7ClOS8. The summed E-state index contributed by atoms with van der Waals surface area (Å²) in [6.07, 6.45) is 0.759. The topological polar surface area (TPSA) is 17.1 Å². The molecule has 0 fully saturated rings. The highest BCUT2D eigenvalue weighted by Crippen LogP contribution is 2.14. The maximum absolute atomic E-state index is 10.3. The molecule has 0 saturated heterocycles. The molecule has 0 aliphatic heterocycles. The van der Waals surface area contributed by atoms with Gasteiger partial charge in [0, 0.05) is 81.2 Å². The molecule has 0 saturated carbocycles. The maximum Gasteiger partial charge on any atom is 0.151 e. The number of hydrogen-bond acceptors (Lipinski definition) is 3. The Morgan fingerprint density at radius 2 is 1.67 bits per heavy atom. The summed E-state index contributed by atoms with van der Waals surface area (Å²) in [5.74, 6) is 0. The first-order valence-corrected chi connectivity index (χ1v) is 13.8. The van der Waals surface area contributed by atoms with Gasteiger partial charge in [0.1, 0.15) is 0 Å². The molecule has 100 valence electrons. The SMILES string of the molecule is Cc1ccc(Cl)c(C=O)c1.S=S=S=S=S=S=S=S. The van der Waals surface area contributed by atoms with E-state index in [1.54, 1.807) is 47.7 Å². The van der Waals surface area contributed by atoms with Crippen LogP contribution in [0.2, 0.25) is 5.02 Å². The van der Waals surface area contributed by atoms with E-state index in [9.17, 15) is 4.79 Å². The molecule has 0 aromatic heterocycles. The van der Waals surface area contributed by atoms with Crippen molar-refractivity contribution in [3.05, 3.63) is 34.3 Å². The van der Waals surface area contributed by atoms with E-state index in [1.807, 2.05) is 13.0 Å². The first-order chi connectivity index (χ1) is 8.65. The zero-order valence-corrected chi connectivity index (χ0v) is 16.1. The summed E-state index contributed by atoms with van der Waals surface area (Å²) in [6, 6.07) is 5.35. The molecule has 0 heterocycles. The number of hydrogen-bond donors (Lipinski definition) is 0. The van der Waals surface area contributed by atoms with Gasteiger partial charge in [-0.25, -0.2) is 0 Å². The normalized spacial score (nSPS) is 8.11. The molecule has 1 rings (SSSR count). The Bertz CT molecular complexity index is 620. The molecule has 0 bridgehead atoms. The summed E-state index contributed by atoms with van der Waals surface area (Å²) in [5, 5.41) is 0.514. The van der Waals surface area contributed by atoms with Crippen LogP contribution in [-0.4, -0.2) is 6.29 Å². The highest BCUT2D eigenvalue weighted by atomic mass is 35.5. The molecule has 0 spiro atoms. The maximum atomic E-state index is 10.3. The van der Waals surface area contributed by atoms with Gasteiger partial charge in [-0.1, -0.05) is 23.2 Å². The quantitative estimate of drug-likeness (QED) is 0.662. The number of halogens is 1. The van der Waals surface area contributed by atoms with Gasteiger partial charge in [0.05, 0.1) is 5.02 Å². The van der Waals surface area contributed by atoms with Gasteiger partial charge < -0.3 is 0 Å². The zero-order valence-electron chi connectivity index (χ0n) is 8.86. The van der Waals surface area contributed by atoms with E-state index in [0.29, 0.717) is 10.6 Å². The summed E-state index contributed by atoms with van der Waals surface area (Å²) in [5.41, 5.74) is 1.60. The smallest absolute Gasteiger partial charge is 0.151 e. The second kappa shape index (κ2) is 12.9. The van der Waals surface area contributed by atoms with Crippen LogP contribution in [0, 0.1) is 6.92 Å². The third-order valence-corrected chi connectivity index (χ3v) is 12.9. The number of rotatable bonds is 1. The van der Waals surface area contributed by atoms with Gasteiger partial charge in [-0.15, -0.1) is 0 Å². The zero-order chi connectivity index (χ0) is 13.8. The van der Waals surface area contributed by atoms with Crippen LogP contribution in [0.3, 0.4) is 0 Å². The first-order valence-electron chi connectivity index (χ1n) is 4.12. The van der Waals surface area contributed by atoms with E-state index in [4.69, 9.17) is 11.6 Å². The Morgan fingerprint density at radius 3 is 2.06 bits per heavy atom. The number of aldehydes is 1. The summed E-state index contributed by atoms with van der Waals surface area (Å²) in [7, 11) is 9.12. The van der Waals surface area contributed by atoms with E-state index >= 15 is 0 Å². The monoisotopic (exact) mass is 410 g/mol. The highest BCUT2D eigenvalue weighted by molar-refractivity contribution is 8.70. The summed E-state index contributed by atoms with van der Waals surface area (Å²) >= 11 is 14.9. The van der Waals surface area contributed by atoms with E-state index in [-0.39, 0.29) is 0 Å². The van der Waals surface area contributed by atoms with Crippen LogP contribution in [0.25, 0.3) is 0 Å². The molecule has 0 atom stereocenters. The van der Waals surface area contributed by atoms with Crippen molar-refractivity contribution in [1.82, 2.24) is 0 Å². The van der Waals surface area contributed by atoms with Crippen molar-refractivity contribution in [3.63, 3.8) is 0 Å². The Balaban J connectivity index is 0.000000331. The summed E-state index contributed by atoms with van der Waals surface area (Å²) in [4.78, 5) is 10.3. The molecule has 10 heteroatoms. The Hall–Kier alpha value is 0.940. The molecule has 0 N–H and O–H groups in total. The second-order valence-corrected chi connectivity index (χ2v) is 13.6. The summed E-state index contributed by atoms with van der Waals surface area (Å²) < 4.78 is 0. The lowest BCUT2D eigenvalue weighted by atomic mass is 10.2. The number of benzene rings is 1. The summed E-state index contributed by atoms with van der Waals surface area (Å²) in [6.45, 7) is 1.92. The molecule has 1 aromatic rings. The average Bonchev–Trinajstić information content (AvgIpc) is 2.38. The minimum atomic E-state index is 0.514. The molecule has 1 aromatic carbocycles. The molecular weight excluding hydrogens is 404 g/mol. The van der Waals surface area contributed by atoms with Crippen LogP contribution in [0.1, 0.15) is 15.9 Å². The van der Waals surface area contributed by atoms with Gasteiger partial charge in [-0.3, -0.25) is 4.79 Å². The van der Waals surface area contributed by atoms with Gasteiger partial charge in [0.15, 0.2) is 6.29 Å². The molecule has 0 unspecified atom stereocenters. The van der Waals surface area contributed by atoms with E-state index in [2.05, 4.69) is 22.4 Å². The molecule has 0 aliphatic carbocycles. The van der Waals surface area contributed by atoms with Crippen molar-refractivity contribution in [1.29, 1.82) is 0 Å². The number of aryl methyl sites for hydroxylation is 1. The van der Waals surface area contributed by atoms with Crippen molar-refractivity contribution in [2.24, 2.45) is 0 Å². The lowest BCUT2D eigenvalue weighted by molar-refractivity contribution is 0.112. The first kappa shape index (κ1) is 18.9. The van der Waals surface area contributed by atoms with E-state index in [0.717, 1.165) is 11.8 Å². The number of carbonyl (C=O) groups is 1. The average molecular weight is 411 g/mol. The predicted molar refractivity (Wildman–Crippen MR) is 100 cm³/mol. The van der Waals surface area contributed by atoms with Gasteiger partial charge in [0.2, 0.25) is 0 Å². The van der Waals surface area contributed by atoms with Crippen LogP contribution in [-0.2, 0) is 75.7 Å². The van der Waals surface area contributed by atoms with Crippen molar-refractivity contribution >= 4 is 93.5 Å². The lowest BCUT2D eigenvalue weighted by Gasteiger charge is -1.95. The van der Waals surface area contributed by atoms with Gasteiger partial charge in [-0.05, 0) is 19.1 Å². The standard InChI is InChI=1S/C8H7ClO.S8/c1-6-2-3-8(9)7(4-6)5-10;1-3-5-7-8-6-4-2/h2-5H,1H3;. The van der Waals surface area contributed by atoms with E-state index < -0.39 is 0 Å². The fraction of sp³-hybridized carbons (Fsp3) is 0.125. The predicted octanol–water partition coefficient (Wildman–Crippen LogP) is 2.44. The van der Waals surface area contributed by atoms with Crippen LogP contribution in [0.4, 0.5) is 0 Å². The molecule has 0 amide bonds. The fourth-order valence-corrected chi connectivity index (χ4v) is 11.9. The minimum Gasteiger partial charge on any atom is -0.298 e. The fourth-order valence-electron chi connectivity index (χ4n) is 0.799. The van der Waals surface area contributed by atoms with Crippen LogP contribution < -0.4 is 0 Å². The van der Waals surface area contributed by atoms with Crippen molar-refractivity contribution in [3.8, 4) is 0 Å². The van der Waals surface area contributed by atoms with Crippen LogP contribution in [0.15, 0.2) is 18.2 Å². The lowest BCUT2D eigenvalue weighted by Crippen LogP contribution is -1.82. The molecule has 18 heavy (non-hydrogen) atoms. The van der Waals surface area contributed by atoms with Crippen LogP contribution >= 0.6 is 11.6 Å². The second-order valence-electron chi connectivity index (χ2n) is 2.55. The molecule has 1 nitrogen and oxygen atoms in total. The Labute approximate surface area is 138 Å². The third-order valence-electron chi connectivity index (χ3n) is 1.42. The Morgan fingerprint density at radius 1 is 1.11 bits per heavy atom. The van der Waals surface area contributed by atoms with Crippen LogP contribution in [0.5, 0.6) is 0 Å². The van der Waals surface area contributed by atoms with Gasteiger partial charge in [-0.2, -0.15) is 0 Å². The number of carbonyl (C=O) groups excluding carboxylic acids is 1.